The van der Waals surface area contributed by atoms with E-state index in [4.69, 9.17) is 0 Å². The number of rotatable bonds is 6. The summed E-state index contributed by atoms with van der Waals surface area (Å²) in [6.07, 6.45) is 2.64. The minimum absolute atomic E-state index is 0.681. The number of nitrogens with one attached hydrogen (secondary N) is 1. The zero-order chi connectivity index (χ0) is 12.8. The van der Waals surface area contributed by atoms with Crippen LogP contribution in [-0.4, -0.2) is 62.2 Å². The first kappa shape index (κ1) is 14.9. The van der Waals surface area contributed by atoms with Crippen LogP contribution in [0.4, 0.5) is 0 Å². The van der Waals surface area contributed by atoms with E-state index in [1.165, 1.54) is 32.5 Å². The average Bonchev–Trinajstić information content (AvgIpc) is 2.25. The summed E-state index contributed by atoms with van der Waals surface area (Å²) in [7, 11) is 4.31. The van der Waals surface area contributed by atoms with Crippen LogP contribution in [-0.2, 0) is 0 Å². The second-order valence-corrected chi connectivity index (χ2v) is 6.11. The first-order valence-corrected chi connectivity index (χ1v) is 7.13. The maximum atomic E-state index is 3.66. The third kappa shape index (κ3) is 5.36. The molecule has 2 unspecified atom stereocenters. The molecule has 0 aromatic carbocycles. The molecule has 3 nitrogen and oxygen atoms in total. The molecular formula is C14H31N3. The van der Waals surface area contributed by atoms with E-state index in [9.17, 15) is 0 Å². The summed E-state index contributed by atoms with van der Waals surface area (Å²) in [5.41, 5.74) is 0. The molecule has 102 valence electrons. The molecule has 17 heavy (non-hydrogen) atoms. The van der Waals surface area contributed by atoms with Gasteiger partial charge >= 0.3 is 0 Å². The van der Waals surface area contributed by atoms with Crippen molar-refractivity contribution in [2.24, 2.45) is 5.92 Å². The number of nitrogens with zero attached hydrogens (tertiary/aromatic N) is 2. The van der Waals surface area contributed by atoms with Crippen molar-refractivity contribution in [2.75, 3.05) is 40.3 Å². The smallest absolute Gasteiger partial charge is 0.0218 e. The maximum Gasteiger partial charge on any atom is 0.0218 e. The molecule has 1 aliphatic rings. The minimum Gasteiger partial charge on any atom is -0.311 e. The van der Waals surface area contributed by atoms with Gasteiger partial charge in [0.05, 0.1) is 0 Å². The molecular weight excluding hydrogens is 210 g/mol. The summed E-state index contributed by atoms with van der Waals surface area (Å²) in [6, 6.07) is 1.38. The van der Waals surface area contributed by atoms with Gasteiger partial charge < -0.3 is 10.2 Å². The highest BCUT2D eigenvalue weighted by Crippen LogP contribution is 2.13. The summed E-state index contributed by atoms with van der Waals surface area (Å²) in [5, 5.41) is 3.66. The Morgan fingerprint density at radius 2 is 2.00 bits per heavy atom. The Hall–Kier alpha value is -0.120. The third-order valence-corrected chi connectivity index (χ3v) is 3.84. The Morgan fingerprint density at radius 1 is 1.29 bits per heavy atom. The highest BCUT2D eigenvalue weighted by molar-refractivity contribution is 4.85. The van der Waals surface area contributed by atoms with Gasteiger partial charge in [-0.05, 0) is 52.9 Å². The van der Waals surface area contributed by atoms with Crippen molar-refractivity contribution >= 4 is 0 Å². The molecule has 0 saturated carbocycles. The Balaban J connectivity index is 2.25. The van der Waals surface area contributed by atoms with Crippen LogP contribution in [0.15, 0.2) is 0 Å². The summed E-state index contributed by atoms with van der Waals surface area (Å²) in [5.74, 6) is 0.742. The fourth-order valence-corrected chi connectivity index (χ4v) is 2.45. The maximum absolute atomic E-state index is 3.66. The third-order valence-electron chi connectivity index (χ3n) is 3.84. The molecule has 1 heterocycles. The molecule has 0 radical (unpaired) electrons. The van der Waals surface area contributed by atoms with Crippen molar-refractivity contribution in [3.63, 3.8) is 0 Å². The van der Waals surface area contributed by atoms with E-state index in [0.717, 1.165) is 12.5 Å². The lowest BCUT2D eigenvalue weighted by Gasteiger charge is -2.40. The molecule has 1 fully saturated rings. The van der Waals surface area contributed by atoms with Gasteiger partial charge in [0.2, 0.25) is 0 Å². The predicted octanol–water partition coefficient (Wildman–Crippen LogP) is 1.65. The summed E-state index contributed by atoms with van der Waals surface area (Å²) in [4.78, 5) is 4.94. The van der Waals surface area contributed by atoms with Gasteiger partial charge in [0, 0.05) is 25.2 Å². The molecule has 2 atom stereocenters. The van der Waals surface area contributed by atoms with Crippen LogP contribution in [0.5, 0.6) is 0 Å². The van der Waals surface area contributed by atoms with Gasteiger partial charge in [0.15, 0.2) is 0 Å². The largest absolute Gasteiger partial charge is 0.311 e. The molecule has 0 amide bonds. The average molecular weight is 241 g/mol. The Morgan fingerprint density at radius 3 is 2.59 bits per heavy atom. The monoisotopic (exact) mass is 241 g/mol. The van der Waals surface area contributed by atoms with E-state index < -0.39 is 0 Å². The summed E-state index contributed by atoms with van der Waals surface area (Å²) >= 11 is 0. The van der Waals surface area contributed by atoms with Crippen molar-refractivity contribution in [1.82, 2.24) is 15.1 Å². The molecule has 0 spiro atoms. The first-order valence-electron chi connectivity index (χ1n) is 7.13. The van der Waals surface area contributed by atoms with Crippen molar-refractivity contribution in [3.05, 3.63) is 0 Å². The Bertz CT molecular complexity index is 204. The van der Waals surface area contributed by atoms with Crippen LogP contribution in [0.3, 0.4) is 0 Å². The van der Waals surface area contributed by atoms with E-state index in [-0.39, 0.29) is 0 Å². The van der Waals surface area contributed by atoms with Crippen LogP contribution in [0.1, 0.15) is 33.6 Å². The van der Waals surface area contributed by atoms with Crippen LogP contribution in [0, 0.1) is 5.92 Å². The van der Waals surface area contributed by atoms with Gasteiger partial charge in [-0.2, -0.15) is 0 Å². The topological polar surface area (TPSA) is 18.5 Å². The second-order valence-electron chi connectivity index (χ2n) is 6.11. The number of hydrogen-bond acceptors (Lipinski definition) is 3. The van der Waals surface area contributed by atoms with Gasteiger partial charge in [0.1, 0.15) is 0 Å². The van der Waals surface area contributed by atoms with Gasteiger partial charge in [-0.1, -0.05) is 13.8 Å². The van der Waals surface area contributed by atoms with Crippen LogP contribution in [0.25, 0.3) is 0 Å². The molecule has 0 bridgehead atoms. The fraction of sp³-hybridized carbons (Fsp3) is 1.00. The standard InChI is InChI=1S/C14H31N3/c1-12(2)14-11-17(13(3)10-15-14)9-7-6-8-16(4)5/h12-15H,6-11H2,1-5H3. The Labute approximate surface area is 108 Å². The normalized spacial score (nSPS) is 27.0. The fourth-order valence-electron chi connectivity index (χ4n) is 2.45. The minimum atomic E-state index is 0.681. The van der Waals surface area contributed by atoms with E-state index in [0.29, 0.717) is 12.1 Å². The second kappa shape index (κ2) is 7.34. The zero-order valence-corrected chi connectivity index (χ0v) is 12.4. The molecule has 0 aromatic rings. The molecule has 3 heteroatoms. The van der Waals surface area contributed by atoms with Gasteiger partial charge in [-0.3, -0.25) is 4.90 Å². The molecule has 1 aliphatic heterocycles. The van der Waals surface area contributed by atoms with Gasteiger partial charge in [-0.25, -0.2) is 0 Å². The van der Waals surface area contributed by atoms with Crippen LogP contribution < -0.4 is 5.32 Å². The van der Waals surface area contributed by atoms with E-state index in [1.807, 2.05) is 0 Å². The summed E-state index contributed by atoms with van der Waals surface area (Å²) < 4.78 is 0. The van der Waals surface area contributed by atoms with Crippen LogP contribution in [0.2, 0.25) is 0 Å². The highest BCUT2D eigenvalue weighted by atomic mass is 15.2. The Kier molecular flexibility index (Phi) is 6.45. The molecule has 1 rings (SSSR count). The van der Waals surface area contributed by atoms with Crippen molar-refractivity contribution < 1.29 is 0 Å². The number of hydrogen-bond donors (Lipinski definition) is 1. The lowest BCUT2D eigenvalue weighted by atomic mass is 9.99. The van der Waals surface area contributed by atoms with E-state index in [2.05, 4.69) is 50.0 Å². The number of piperazine rings is 1. The number of unbranched alkanes of at least 4 members (excludes halogenated alkanes) is 1. The van der Waals surface area contributed by atoms with Gasteiger partial charge in [0.25, 0.3) is 0 Å². The van der Waals surface area contributed by atoms with Crippen molar-refractivity contribution in [1.29, 1.82) is 0 Å². The first-order chi connectivity index (χ1) is 8.00. The van der Waals surface area contributed by atoms with Gasteiger partial charge in [-0.15, -0.1) is 0 Å². The highest BCUT2D eigenvalue weighted by Gasteiger charge is 2.25. The zero-order valence-electron chi connectivity index (χ0n) is 12.4. The molecule has 1 N–H and O–H groups in total. The van der Waals surface area contributed by atoms with Crippen LogP contribution >= 0.6 is 0 Å². The van der Waals surface area contributed by atoms with E-state index >= 15 is 0 Å². The SMILES string of the molecule is CC(C)C1CN(CCCCN(C)C)C(C)CN1. The lowest BCUT2D eigenvalue weighted by Crippen LogP contribution is -2.57. The quantitative estimate of drug-likeness (QED) is 0.713. The summed E-state index contributed by atoms with van der Waals surface area (Å²) in [6.45, 7) is 11.8. The van der Waals surface area contributed by atoms with E-state index in [1.54, 1.807) is 0 Å². The molecule has 0 aromatic heterocycles. The van der Waals surface area contributed by atoms with Crippen molar-refractivity contribution in [2.45, 2.75) is 45.7 Å². The lowest BCUT2D eigenvalue weighted by molar-refractivity contribution is 0.120. The predicted molar refractivity (Wildman–Crippen MR) is 75.5 cm³/mol. The molecule has 0 aliphatic carbocycles. The van der Waals surface area contributed by atoms with Crippen molar-refractivity contribution in [3.8, 4) is 0 Å². The molecule has 1 saturated heterocycles.